The molecule has 0 aliphatic rings. The first kappa shape index (κ1) is 52.4. The van der Waals surface area contributed by atoms with Crippen molar-refractivity contribution in [2.24, 2.45) is 0 Å². The molecule has 0 fully saturated rings. The van der Waals surface area contributed by atoms with Crippen molar-refractivity contribution in [3.8, 4) is 77.9 Å². The molecule has 20 aromatic rings. The molecular weight excluding hydrogens is 1140 g/mol. The molecule has 0 amide bonds. The second kappa shape index (κ2) is 20.6. The number of furan rings is 2. The maximum absolute atomic E-state index is 7.06. The summed E-state index contributed by atoms with van der Waals surface area (Å²) in [4.78, 5) is 0. The first-order chi connectivity index (χ1) is 46.6. The van der Waals surface area contributed by atoms with Gasteiger partial charge < -0.3 is 8.83 Å². The summed E-state index contributed by atoms with van der Waals surface area (Å²) < 4.78 is 13.8. The van der Waals surface area contributed by atoms with Crippen LogP contribution in [0.1, 0.15) is 0 Å². The SMILES string of the molecule is c1cc(-c2cc(-c3cccc4c(-c5c6ccccc6c(-c6ccc(-c7cccc8ccccc78)cc6)c6ccccc56)c5c(cc34)oc3ccccc35)cc3ccccc23)cc(-c2c3ccccc3c(-c3c4ccccc4cc4oc5ccccc5c34)c3ccccc23)c1. The van der Waals surface area contributed by atoms with Crippen LogP contribution in [0.25, 0.3) is 208 Å². The monoisotopic (exact) mass is 1190 g/mol. The van der Waals surface area contributed by atoms with Crippen LogP contribution >= 0.6 is 0 Å². The molecule has 0 radical (unpaired) electrons. The number of hydrogen-bond donors (Lipinski definition) is 0. The highest BCUT2D eigenvalue weighted by atomic mass is 16.3. The molecule has 2 heterocycles. The van der Waals surface area contributed by atoms with E-state index >= 15 is 0 Å². The first-order valence-corrected chi connectivity index (χ1v) is 32.5. The van der Waals surface area contributed by atoms with Crippen LogP contribution in [-0.4, -0.2) is 0 Å². The number of benzene rings is 18. The Morgan fingerprint density at radius 3 is 1.09 bits per heavy atom. The Balaban J connectivity index is 0.787. The van der Waals surface area contributed by atoms with Crippen molar-refractivity contribution in [2.75, 3.05) is 0 Å². The molecule has 0 unspecified atom stereocenters. The molecule has 0 saturated heterocycles. The van der Waals surface area contributed by atoms with Crippen molar-refractivity contribution in [2.45, 2.75) is 0 Å². The van der Waals surface area contributed by atoms with Crippen LogP contribution in [-0.2, 0) is 0 Å². The molecule has 0 atom stereocenters. The molecule has 2 heteroatoms. The zero-order valence-corrected chi connectivity index (χ0v) is 51.0. The van der Waals surface area contributed by atoms with Crippen molar-refractivity contribution in [1.29, 1.82) is 0 Å². The summed E-state index contributed by atoms with van der Waals surface area (Å²) in [6.45, 7) is 0. The standard InChI is InChI=1S/C92H54O2/c1-4-28-63-55(22-1)25-20-41-64(63)56-46-48-57(49-47-56)85-68-31-7-11-35-72(68)88(73-36-12-8-32-69(73)85)92-76-43-21-42-66(80(76)54-84-90(92)78-40-16-18-45-82(78)94-84)62-51-58-23-2-5-29-65(58)79(52-62)59-26-19-27-61(50-59)86-70-33-9-13-37-74(70)87(75-38-14-10-34-71(75)86)91-67-30-6-3-24-60(67)53-83-89(91)77-39-15-17-44-81(77)93-83/h1-54H. The van der Waals surface area contributed by atoms with Crippen molar-refractivity contribution >= 4 is 130 Å². The van der Waals surface area contributed by atoms with E-state index in [1.54, 1.807) is 0 Å². The highest BCUT2D eigenvalue weighted by molar-refractivity contribution is 6.33. The Kier molecular flexibility index (Phi) is 11.5. The van der Waals surface area contributed by atoms with Gasteiger partial charge in [-0.1, -0.05) is 285 Å². The van der Waals surface area contributed by atoms with Crippen LogP contribution in [0.3, 0.4) is 0 Å². The first-order valence-electron chi connectivity index (χ1n) is 32.5. The third-order valence-corrected chi connectivity index (χ3v) is 20.2. The Labute approximate surface area is 541 Å². The van der Waals surface area contributed by atoms with Crippen LogP contribution in [0.2, 0.25) is 0 Å². The van der Waals surface area contributed by atoms with Gasteiger partial charge in [0.05, 0.1) is 0 Å². The van der Waals surface area contributed by atoms with Gasteiger partial charge in [0, 0.05) is 32.7 Å². The van der Waals surface area contributed by atoms with Crippen LogP contribution in [0.15, 0.2) is 336 Å². The van der Waals surface area contributed by atoms with E-state index < -0.39 is 0 Å². The van der Waals surface area contributed by atoms with Gasteiger partial charge in [-0.3, -0.25) is 0 Å². The summed E-state index contributed by atoms with van der Waals surface area (Å²) in [6.07, 6.45) is 0. The van der Waals surface area contributed by atoms with Crippen LogP contribution in [0.5, 0.6) is 0 Å². The quantitative estimate of drug-likeness (QED) is 0.149. The van der Waals surface area contributed by atoms with E-state index in [4.69, 9.17) is 8.83 Å². The molecule has 434 valence electrons. The molecule has 18 aromatic carbocycles. The van der Waals surface area contributed by atoms with E-state index in [9.17, 15) is 0 Å². The second-order valence-electron chi connectivity index (χ2n) is 25.2. The highest BCUT2D eigenvalue weighted by Gasteiger charge is 2.27. The highest BCUT2D eigenvalue weighted by Crippen LogP contribution is 2.53. The number of rotatable bonds is 7. The van der Waals surface area contributed by atoms with Crippen molar-refractivity contribution in [3.05, 3.63) is 328 Å². The molecule has 0 N–H and O–H groups in total. The molecule has 20 rings (SSSR count). The Bertz CT molecular complexity index is 6480. The Morgan fingerprint density at radius 1 is 0.149 bits per heavy atom. The molecule has 94 heavy (non-hydrogen) atoms. The van der Waals surface area contributed by atoms with Crippen LogP contribution in [0.4, 0.5) is 0 Å². The predicted octanol–water partition coefficient (Wildman–Crippen LogP) is 26.4. The fourth-order valence-corrected chi connectivity index (χ4v) is 16.2. The summed E-state index contributed by atoms with van der Waals surface area (Å²) in [6, 6.07) is 121. The van der Waals surface area contributed by atoms with Gasteiger partial charge in [-0.15, -0.1) is 0 Å². The normalized spacial score (nSPS) is 12.0. The summed E-state index contributed by atoms with van der Waals surface area (Å²) in [5, 5.41) is 23.6. The van der Waals surface area contributed by atoms with Gasteiger partial charge in [0.1, 0.15) is 22.3 Å². The van der Waals surface area contributed by atoms with Gasteiger partial charge in [-0.2, -0.15) is 0 Å². The van der Waals surface area contributed by atoms with Gasteiger partial charge in [-0.05, 0) is 195 Å². The van der Waals surface area contributed by atoms with E-state index in [-0.39, 0.29) is 0 Å². The molecule has 0 aliphatic heterocycles. The molecule has 2 nitrogen and oxygen atoms in total. The predicted molar refractivity (Wildman–Crippen MR) is 399 cm³/mol. The smallest absolute Gasteiger partial charge is 0.136 e. The van der Waals surface area contributed by atoms with Crippen molar-refractivity contribution in [1.82, 2.24) is 0 Å². The minimum Gasteiger partial charge on any atom is -0.456 e. The average molecular weight is 1190 g/mol. The van der Waals surface area contributed by atoms with Gasteiger partial charge in [-0.25, -0.2) is 0 Å². The summed E-state index contributed by atoms with van der Waals surface area (Å²) in [5.41, 5.74) is 20.1. The minimum atomic E-state index is 0.861. The topological polar surface area (TPSA) is 26.3 Å². The molecule has 0 spiro atoms. The van der Waals surface area contributed by atoms with E-state index in [0.717, 1.165) is 76.9 Å². The van der Waals surface area contributed by atoms with Crippen LogP contribution < -0.4 is 0 Å². The van der Waals surface area contributed by atoms with Crippen molar-refractivity contribution < 1.29 is 8.83 Å². The third-order valence-electron chi connectivity index (χ3n) is 20.2. The zero-order valence-electron chi connectivity index (χ0n) is 51.0. The van der Waals surface area contributed by atoms with Gasteiger partial charge in [0.25, 0.3) is 0 Å². The summed E-state index contributed by atoms with van der Waals surface area (Å²) in [5.74, 6) is 0. The van der Waals surface area contributed by atoms with E-state index in [1.807, 2.05) is 0 Å². The fourth-order valence-electron chi connectivity index (χ4n) is 16.2. The average Bonchev–Trinajstić information content (AvgIpc) is 1.22. The lowest BCUT2D eigenvalue weighted by atomic mass is 9.82. The van der Waals surface area contributed by atoms with E-state index in [2.05, 4.69) is 328 Å². The van der Waals surface area contributed by atoms with Gasteiger partial charge in [0.15, 0.2) is 0 Å². The molecule has 0 bridgehead atoms. The Hall–Kier alpha value is -12.4. The molecule has 0 saturated carbocycles. The number of hydrogen-bond acceptors (Lipinski definition) is 2. The fraction of sp³-hybridized carbons (Fsp3) is 0. The van der Waals surface area contributed by atoms with Crippen molar-refractivity contribution in [3.63, 3.8) is 0 Å². The van der Waals surface area contributed by atoms with E-state index in [0.29, 0.717) is 0 Å². The summed E-state index contributed by atoms with van der Waals surface area (Å²) >= 11 is 0. The molecule has 2 aromatic heterocycles. The second-order valence-corrected chi connectivity index (χ2v) is 25.2. The third kappa shape index (κ3) is 7.84. The zero-order chi connectivity index (χ0) is 61.5. The lowest BCUT2D eigenvalue weighted by Crippen LogP contribution is -1.94. The lowest BCUT2D eigenvalue weighted by molar-refractivity contribution is 0.669. The molecule has 0 aliphatic carbocycles. The Morgan fingerprint density at radius 2 is 0.511 bits per heavy atom. The number of fused-ring (bicyclic) bond motifs is 14. The number of para-hydroxylation sites is 2. The minimum absolute atomic E-state index is 0.861. The van der Waals surface area contributed by atoms with E-state index in [1.165, 1.54) is 131 Å². The maximum atomic E-state index is 7.06. The maximum Gasteiger partial charge on any atom is 0.136 e. The lowest BCUT2D eigenvalue weighted by Gasteiger charge is -2.21. The van der Waals surface area contributed by atoms with Gasteiger partial charge >= 0.3 is 0 Å². The molecular formula is C92H54O2. The summed E-state index contributed by atoms with van der Waals surface area (Å²) in [7, 11) is 0. The van der Waals surface area contributed by atoms with Crippen LogP contribution in [0, 0.1) is 0 Å². The van der Waals surface area contributed by atoms with Gasteiger partial charge in [0.2, 0.25) is 0 Å². The largest absolute Gasteiger partial charge is 0.456 e.